The summed E-state index contributed by atoms with van der Waals surface area (Å²) in [6, 6.07) is 10.1. The van der Waals surface area contributed by atoms with Gasteiger partial charge in [-0.25, -0.2) is 0 Å². The minimum atomic E-state index is -0.767. The number of hydrogen-bond acceptors (Lipinski definition) is 3. The fraction of sp³-hybridized carbons (Fsp3) is 0.400. The zero-order valence-corrected chi connectivity index (χ0v) is 15.0. The maximum atomic E-state index is 13.1. The molecule has 0 unspecified atom stereocenters. The Kier molecular flexibility index (Phi) is 4.12. The number of carbonyl (C=O) groups excluding carboxylic acids is 1. The minimum Gasteiger partial charge on any atom is -0.481 e. The second-order valence-electron chi connectivity index (χ2n) is 7.19. The molecule has 130 valence electrons. The number of hydrogen-bond donors (Lipinski definition) is 1. The monoisotopic (exact) mass is 355 g/mol. The third-order valence-electron chi connectivity index (χ3n) is 5.42. The number of aliphatic carboxylic acids is 1. The van der Waals surface area contributed by atoms with Gasteiger partial charge in [0, 0.05) is 18.7 Å². The van der Waals surface area contributed by atoms with Crippen LogP contribution < -0.4 is 0 Å². The van der Waals surface area contributed by atoms with Gasteiger partial charge in [0.2, 0.25) is 0 Å². The number of amides is 1. The van der Waals surface area contributed by atoms with Crippen molar-refractivity contribution >= 4 is 23.2 Å². The van der Waals surface area contributed by atoms with Crippen LogP contribution in [0.2, 0.25) is 0 Å². The summed E-state index contributed by atoms with van der Waals surface area (Å²) in [5.41, 5.74) is 3.16. The lowest BCUT2D eigenvalue weighted by atomic mass is 9.92. The number of carbonyl (C=O) groups is 2. The van der Waals surface area contributed by atoms with Crippen molar-refractivity contribution in [3.8, 4) is 11.1 Å². The number of carboxylic acid groups (broad SMARTS) is 1. The van der Waals surface area contributed by atoms with Crippen molar-refractivity contribution in [2.75, 3.05) is 13.1 Å². The first-order valence-electron chi connectivity index (χ1n) is 8.71. The van der Waals surface area contributed by atoms with Gasteiger partial charge < -0.3 is 10.0 Å². The molecular formula is C20H21NO3S. The van der Waals surface area contributed by atoms with Crippen LogP contribution >= 0.6 is 11.3 Å². The highest BCUT2D eigenvalue weighted by atomic mass is 32.1. The zero-order valence-electron chi connectivity index (χ0n) is 14.1. The van der Waals surface area contributed by atoms with Gasteiger partial charge in [0.1, 0.15) is 0 Å². The van der Waals surface area contributed by atoms with Crippen LogP contribution in [0, 0.1) is 24.7 Å². The van der Waals surface area contributed by atoms with E-state index in [-0.39, 0.29) is 11.8 Å². The Labute approximate surface area is 151 Å². The van der Waals surface area contributed by atoms with Gasteiger partial charge in [-0.15, -0.1) is 11.3 Å². The lowest BCUT2D eigenvalue weighted by Gasteiger charge is -2.16. The maximum Gasteiger partial charge on any atom is 0.308 e. The summed E-state index contributed by atoms with van der Waals surface area (Å²) in [5.74, 6) is -0.612. The molecule has 1 aromatic carbocycles. The molecule has 2 aliphatic rings. The van der Waals surface area contributed by atoms with Gasteiger partial charge in [0.05, 0.1) is 10.8 Å². The van der Waals surface area contributed by atoms with Crippen LogP contribution in [0.4, 0.5) is 0 Å². The molecule has 1 aromatic heterocycles. The molecule has 4 nitrogen and oxygen atoms in total. The van der Waals surface area contributed by atoms with E-state index < -0.39 is 11.9 Å². The average Bonchev–Trinajstić information content (AvgIpc) is 3.16. The third kappa shape index (κ3) is 3.09. The van der Waals surface area contributed by atoms with E-state index in [1.54, 1.807) is 4.90 Å². The Morgan fingerprint density at radius 3 is 2.48 bits per heavy atom. The van der Waals surface area contributed by atoms with Gasteiger partial charge in [-0.3, -0.25) is 9.59 Å². The molecular weight excluding hydrogens is 334 g/mol. The molecule has 0 spiro atoms. The fourth-order valence-electron chi connectivity index (χ4n) is 3.84. The molecule has 2 aromatic rings. The van der Waals surface area contributed by atoms with Crippen LogP contribution in [-0.4, -0.2) is 35.0 Å². The van der Waals surface area contributed by atoms with E-state index in [9.17, 15) is 14.7 Å². The highest BCUT2D eigenvalue weighted by Crippen LogP contribution is 2.44. The predicted molar refractivity (Wildman–Crippen MR) is 97.7 cm³/mol. The maximum absolute atomic E-state index is 13.1. The van der Waals surface area contributed by atoms with Crippen molar-refractivity contribution in [1.29, 1.82) is 0 Å². The average molecular weight is 355 g/mol. The number of rotatable bonds is 4. The van der Waals surface area contributed by atoms with E-state index >= 15 is 0 Å². The van der Waals surface area contributed by atoms with Gasteiger partial charge >= 0.3 is 5.97 Å². The Morgan fingerprint density at radius 1 is 1.12 bits per heavy atom. The Bertz CT molecular complexity index is 807. The minimum absolute atomic E-state index is 0.0278. The molecule has 1 N–H and O–H groups in total. The molecule has 1 aliphatic carbocycles. The van der Waals surface area contributed by atoms with Crippen molar-refractivity contribution in [3.05, 3.63) is 46.2 Å². The molecule has 2 atom stereocenters. The molecule has 0 radical (unpaired) electrons. The second-order valence-corrected chi connectivity index (χ2v) is 8.10. The molecule has 4 rings (SSSR count). The zero-order chi connectivity index (χ0) is 17.6. The summed E-state index contributed by atoms with van der Waals surface area (Å²) >= 11 is 1.44. The lowest BCUT2D eigenvalue weighted by Crippen LogP contribution is -2.29. The summed E-state index contributed by atoms with van der Waals surface area (Å²) in [7, 11) is 0. The molecule has 2 heterocycles. The fourth-order valence-corrected chi connectivity index (χ4v) is 4.72. The topological polar surface area (TPSA) is 57.6 Å². The van der Waals surface area contributed by atoms with Crippen LogP contribution in [0.1, 0.15) is 28.1 Å². The molecule has 1 amide bonds. The van der Waals surface area contributed by atoms with Crippen molar-refractivity contribution in [2.24, 2.45) is 17.8 Å². The number of benzene rings is 1. The molecule has 0 bridgehead atoms. The van der Waals surface area contributed by atoms with E-state index in [4.69, 9.17) is 0 Å². The second kappa shape index (κ2) is 6.30. The van der Waals surface area contributed by atoms with Crippen LogP contribution in [0.3, 0.4) is 0 Å². The number of carboxylic acids is 1. The normalized spacial score (nSPS) is 23.0. The molecule has 5 heteroatoms. The number of nitrogens with zero attached hydrogens (tertiary/aromatic N) is 1. The van der Waals surface area contributed by atoms with Gasteiger partial charge in [0.25, 0.3) is 5.91 Å². The van der Waals surface area contributed by atoms with E-state index in [2.05, 4.69) is 0 Å². The highest BCUT2D eigenvalue weighted by molar-refractivity contribution is 7.12. The molecule has 25 heavy (non-hydrogen) atoms. The summed E-state index contributed by atoms with van der Waals surface area (Å²) < 4.78 is 0. The SMILES string of the molecule is Cc1ccc(-c2ccsc2C(=O)N2C[C@H](C(=O)O)[C@@H](C3CC3)C2)cc1. The van der Waals surface area contributed by atoms with E-state index in [0.717, 1.165) is 24.0 Å². The van der Waals surface area contributed by atoms with Crippen molar-refractivity contribution in [3.63, 3.8) is 0 Å². The molecule has 1 saturated heterocycles. The number of aryl methyl sites for hydroxylation is 1. The predicted octanol–water partition coefficient (Wildman–Crippen LogP) is 3.91. The van der Waals surface area contributed by atoms with Crippen molar-refractivity contribution in [2.45, 2.75) is 19.8 Å². The first kappa shape index (κ1) is 16.3. The highest BCUT2D eigenvalue weighted by Gasteiger charge is 2.47. The van der Waals surface area contributed by atoms with Crippen LogP contribution in [0.15, 0.2) is 35.7 Å². The first-order valence-corrected chi connectivity index (χ1v) is 9.59. The summed E-state index contributed by atoms with van der Waals surface area (Å²) in [6.45, 7) is 2.95. The van der Waals surface area contributed by atoms with Crippen LogP contribution in [-0.2, 0) is 4.79 Å². The smallest absolute Gasteiger partial charge is 0.308 e. The van der Waals surface area contributed by atoms with E-state index in [1.165, 1.54) is 16.9 Å². The van der Waals surface area contributed by atoms with E-state index in [0.29, 0.717) is 23.9 Å². The van der Waals surface area contributed by atoms with Gasteiger partial charge in [0.15, 0.2) is 0 Å². The van der Waals surface area contributed by atoms with Gasteiger partial charge in [-0.05, 0) is 48.6 Å². The lowest BCUT2D eigenvalue weighted by molar-refractivity contribution is -0.142. The molecule has 1 saturated carbocycles. The first-order chi connectivity index (χ1) is 12.0. The summed E-state index contributed by atoms with van der Waals surface area (Å²) in [5, 5.41) is 11.4. The van der Waals surface area contributed by atoms with Crippen LogP contribution in [0.5, 0.6) is 0 Å². The molecule has 1 aliphatic heterocycles. The summed E-state index contributed by atoms with van der Waals surface area (Å²) in [6.07, 6.45) is 2.20. The van der Waals surface area contributed by atoms with E-state index in [1.807, 2.05) is 42.6 Å². The van der Waals surface area contributed by atoms with Crippen molar-refractivity contribution in [1.82, 2.24) is 4.90 Å². The standard InChI is InChI=1S/C20H21NO3S/c1-12-2-4-13(5-3-12)15-8-9-25-18(15)19(22)21-10-16(14-6-7-14)17(11-21)20(23)24/h2-5,8-9,14,16-17H,6-7,10-11H2,1H3,(H,23,24)/t16-,17+/m1/s1. The Morgan fingerprint density at radius 2 is 1.84 bits per heavy atom. The summed E-state index contributed by atoms with van der Waals surface area (Å²) in [4.78, 5) is 27.1. The van der Waals surface area contributed by atoms with Gasteiger partial charge in [-0.2, -0.15) is 0 Å². The third-order valence-corrected chi connectivity index (χ3v) is 6.32. The quantitative estimate of drug-likeness (QED) is 0.905. The largest absolute Gasteiger partial charge is 0.481 e. The number of thiophene rings is 1. The Hall–Kier alpha value is -2.14. The Balaban J connectivity index is 1.59. The number of likely N-dealkylation sites (tertiary alicyclic amines) is 1. The van der Waals surface area contributed by atoms with Crippen molar-refractivity contribution < 1.29 is 14.7 Å². The van der Waals surface area contributed by atoms with Crippen LogP contribution in [0.25, 0.3) is 11.1 Å². The molecule has 2 fully saturated rings. The van der Waals surface area contributed by atoms with Gasteiger partial charge in [-0.1, -0.05) is 29.8 Å².